The normalized spacial score (nSPS) is 22.3. The number of carbonyl (C=O) groups is 1. The Bertz CT molecular complexity index is 1200. The Morgan fingerprint density at radius 3 is 2.07 bits per heavy atom. The second kappa shape index (κ2) is 5.95. The monoisotopic (exact) mass is 374 g/mol. The van der Waals surface area contributed by atoms with Crippen LogP contribution in [0.4, 0.5) is 0 Å². The molecule has 28 heavy (non-hydrogen) atoms. The molecule has 2 bridgehead atoms. The number of fused-ring (bicyclic) bond motifs is 1. The van der Waals surface area contributed by atoms with E-state index in [1.807, 2.05) is 48.6 Å². The van der Waals surface area contributed by atoms with E-state index < -0.39 is 23.6 Å². The highest BCUT2D eigenvalue weighted by Gasteiger charge is 2.47. The van der Waals surface area contributed by atoms with Crippen molar-refractivity contribution in [3.8, 4) is 5.69 Å². The van der Waals surface area contributed by atoms with Crippen LogP contribution in [0, 0.1) is 0 Å². The van der Waals surface area contributed by atoms with E-state index in [0.717, 1.165) is 5.56 Å². The molecule has 1 aromatic heterocycles. The van der Waals surface area contributed by atoms with Crippen LogP contribution in [0.15, 0.2) is 82.4 Å². The molecule has 3 aliphatic rings. The summed E-state index contributed by atoms with van der Waals surface area (Å²) in [4.78, 5) is 40.6. The molecule has 4 heterocycles. The minimum atomic E-state index is -0.641. The van der Waals surface area contributed by atoms with Gasteiger partial charge in [-0.25, -0.2) is 23.5 Å². The lowest BCUT2D eigenvalue weighted by atomic mass is 9.92. The van der Waals surface area contributed by atoms with Gasteiger partial charge in [0.1, 0.15) is 6.17 Å². The average Bonchev–Trinajstić information content (AvgIpc) is 3.01. The SMILES string of the molecule is CC(=O)N1[C@H]2C=C[C@H]([C@@H]1c1ccccc1)n1c(=O)n(-c3ccccc3)c(=O)n12. The highest BCUT2D eigenvalue weighted by molar-refractivity contribution is 5.75. The molecule has 2 aromatic carbocycles. The van der Waals surface area contributed by atoms with Crippen LogP contribution in [0.5, 0.6) is 0 Å². The average molecular weight is 374 g/mol. The van der Waals surface area contributed by atoms with Crippen LogP contribution in [0.1, 0.15) is 30.7 Å². The smallest absolute Gasteiger partial charge is 0.307 e. The van der Waals surface area contributed by atoms with E-state index in [1.54, 1.807) is 29.2 Å². The molecule has 7 nitrogen and oxygen atoms in total. The molecule has 0 saturated heterocycles. The molecule has 0 radical (unpaired) electrons. The maximum absolute atomic E-state index is 13.2. The summed E-state index contributed by atoms with van der Waals surface area (Å²) in [6, 6.07) is 17.6. The zero-order valence-electron chi connectivity index (χ0n) is 15.2. The van der Waals surface area contributed by atoms with Gasteiger partial charge in [-0.15, -0.1) is 0 Å². The molecule has 3 aliphatic heterocycles. The number of benzene rings is 2. The Balaban J connectivity index is 1.78. The number of hydrogen-bond donors (Lipinski definition) is 0. The van der Waals surface area contributed by atoms with Gasteiger partial charge in [0.15, 0.2) is 0 Å². The Morgan fingerprint density at radius 1 is 0.821 bits per heavy atom. The molecule has 0 fully saturated rings. The molecular formula is C21H18N4O3. The Hall–Kier alpha value is -3.61. The van der Waals surface area contributed by atoms with Crippen molar-refractivity contribution < 1.29 is 4.79 Å². The standard InChI is InChI=1S/C21H18N4O3/c1-14(26)22-18-13-12-17(19(22)15-8-4-2-5-9-15)24-20(27)23(21(28)25(18)24)16-10-6-3-7-11-16/h2-13,17-19H,1H3/t17-,18-,19+/m1/s1. The molecule has 6 rings (SSSR count). The maximum atomic E-state index is 13.2. The predicted molar refractivity (Wildman–Crippen MR) is 103 cm³/mol. The van der Waals surface area contributed by atoms with Crippen LogP contribution in [-0.4, -0.2) is 24.7 Å². The lowest BCUT2D eigenvalue weighted by Crippen LogP contribution is -2.54. The Morgan fingerprint density at radius 2 is 1.43 bits per heavy atom. The minimum Gasteiger partial charge on any atom is -0.307 e. The van der Waals surface area contributed by atoms with Gasteiger partial charge in [0.05, 0.1) is 17.8 Å². The summed E-state index contributed by atoms with van der Waals surface area (Å²) in [5, 5.41) is 0. The molecule has 0 unspecified atom stereocenters. The Kier molecular flexibility index (Phi) is 3.52. The zero-order chi connectivity index (χ0) is 19.4. The van der Waals surface area contributed by atoms with E-state index in [0.29, 0.717) is 5.69 Å². The van der Waals surface area contributed by atoms with Crippen molar-refractivity contribution in [1.29, 1.82) is 0 Å². The lowest BCUT2D eigenvalue weighted by molar-refractivity contribution is -0.140. The second-order valence-corrected chi connectivity index (χ2v) is 7.00. The number of aromatic nitrogens is 3. The van der Waals surface area contributed by atoms with Crippen LogP contribution in [-0.2, 0) is 4.79 Å². The van der Waals surface area contributed by atoms with Gasteiger partial charge in [0.25, 0.3) is 0 Å². The van der Waals surface area contributed by atoms with Crippen molar-refractivity contribution in [2.75, 3.05) is 0 Å². The molecular weight excluding hydrogens is 356 g/mol. The minimum absolute atomic E-state index is 0.147. The van der Waals surface area contributed by atoms with Gasteiger partial charge in [-0.3, -0.25) is 4.79 Å². The van der Waals surface area contributed by atoms with Gasteiger partial charge >= 0.3 is 11.4 Å². The molecule has 0 aliphatic carbocycles. The highest BCUT2D eigenvalue weighted by atomic mass is 16.2. The molecule has 7 heteroatoms. The van der Waals surface area contributed by atoms with Crippen LogP contribution < -0.4 is 11.4 Å². The van der Waals surface area contributed by atoms with Gasteiger partial charge in [-0.2, -0.15) is 0 Å². The van der Waals surface area contributed by atoms with Crippen LogP contribution in [0.25, 0.3) is 5.69 Å². The van der Waals surface area contributed by atoms with E-state index in [9.17, 15) is 14.4 Å². The van der Waals surface area contributed by atoms with Crippen molar-refractivity contribution in [2.45, 2.75) is 25.2 Å². The van der Waals surface area contributed by atoms with Gasteiger partial charge in [-0.1, -0.05) is 54.6 Å². The van der Waals surface area contributed by atoms with Crippen molar-refractivity contribution in [3.05, 3.63) is 99.3 Å². The first-order valence-corrected chi connectivity index (χ1v) is 9.13. The third-order valence-corrected chi connectivity index (χ3v) is 5.45. The van der Waals surface area contributed by atoms with E-state index in [2.05, 4.69) is 0 Å². The molecule has 0 N–H and O–H groups in total. The number of para-hydroxylation sites is 1. The number of nitrogens with zero attached hydrogens (tertiary/aromatic N) is 4. The fourth-order valence-electron chi connectivity index (χ4n) is 4.33. The summed E-state index contributed by atoms with van der Waals surface area (Å²) < 4.78 is 4.04. The predicted octanol–water partition coefficient (Wildman–Crippen LogP) is 2.01. The first-order valence-electron chi connectivity index (χ1n) is 9.13. The van der Waals surface area contributed by atoms with Crippen LogP contribution in [0.3, 0.4) is 0 Å². The van der Waals surface area contributed by atoms with E-state index in [4.69, 9.17) is 0 Å². The molecule has 3 atom stereocenters. The summed E-state index contributed by atoms with van der Waals surface area (Å²) in [7, 11) is 0. The first kappa shape index (κ1) is 16.6. The van der Waals surface area contributed by atoms with Crippen molar-refractivity contribution in [2.24, 2.45) is 0 Å². The first-order chi connectivity index (χ1) is 13.6. The Labute approximate surface area is 160 Å². The third kappa shape index (κ3) is 2.13. The lowest BCUT2D eigenvalue weighted by Gasteiger charge is -2.48. The molecule has 1 amide bonds. The van der Waals surface area contributed by atoms with E-state index in [-0.39, 0.29) is 11.9 Å². The number of rotatable bonds is 2. The summed E-state index contributed by atoms with van der Waals surface area (Å²) >= 11 is 0. The maximum Gasteiger partial charge on any atom is 0.354 e. The molecule has 0 spiro atoms. The van der Waals surface area contributed by atoms with Gasteiger partial charge in [0, 0.05) is 6.92 Å². The van der Waals surface area contributed by atoms with Gasteiger partial charge < -0.3 is 4.90 Å². The van der Waals surface area contributed by atoms with Crippen molar-refractivity contribution >= 4 is 5.91 Å². The van der Waals surface area contributed by atoms with Gasteiger partial charge in [-0.05, 0) is 23.8 Å². The summed E-state index contributed by atoms with van der Waals surface area (Å²) in [5.74, 6) is -0.147. The topological polar surface area (TPSA) is 69.2 Å². The van der Waals surface area contributed by atoms with Crippen molar-refractivity contribution in [3.63, 3.8) is 0 Å². The zero-order valence-corrected chi connectivity index (χ0v) is 15.2. The fourth-order valence-corrected chi connectivity index (χ4v) is 4.33. The van der Waals surface area contributed by atoms with E-state index >= 15 is 0 Å². The summed E-state index contributed by atoms with van der Waals surface area (Å²) in [6.45, 7) is 1.49. The molecule has 0 saturated carbocycles. The summed E-state index contributed by atoms with van der Waals surface area (Å²) in [5.41, 5.74) is 0.583. The number of amides is 1. The quantitative estimate of drug-likeness (QED) is 0.645. The second-order valence-electron chi connectivity index (χ2n) is 7.00. The molecule has 3 aromatic rings. The third-order valence-electron chi connectivity index (χ3n) is 5.45. The number of hydrogen-bond acceptors (Lipinski definition) is 3. The fraction of sp³-hybridized carbons (Fsp3) is 0.190. The van der Waals surface area contributed by atoms with Gasteiger partial charge in [0.2, 0.25) is 5.91 Å². The highest BCUT2D eigenvalue weighted by Crippen LogP contribution is 2.44. The van der Waals surface area contributed by atoms with Crippen molar-refractivity contribution in [1.82, 2.24) is 18.8 Å². The van der Waals surface area contributed by atoms with Crippen LogP contribution in [0.2, 0.25) is 0 Å². The number of carbonyl (C=O) groups excluding carboxylic acids is 1. The van der Waals surface area contributed by atoms with E-state index in [1.165, 1.54) is 20.9 Å². The van der Waals surface area contributed by atoms with Crippen LogP contribution >= 0.6 is 0 Å². The molecule has 140 valence electrons. The summed E-state index contributed by atoms with van der Waals surface area (Å²) in [6.07, 6.45) is 3.09. The largest absolute Gasteiger partial charge is 0.354 e.